The molecule has 0 aromatic rings. The molecule has 2 saturated heterocycles. The first kappa shape index (κ1) is 13.6. The van der Waals surface area contributed by atoms with Gasteiger partial charge in [-0.2, -0.15) is 0 Å². The van der Waals surface area contributed by atoms with Gasteiger partial charge in [0.1, 0.15) is 5.60 Å². The van der Waals surface area contributed by atoms with Crippen LogP contribution in [0.2, 0.25) is 0 Å². The van der Waals surface area contributed by atoms with Crippen LogP contribution < -0.4 is 5.32 Å². The molecule has 2 atom stereocenters. The highest BCUT2D eigenvalue weighted by Gasteiger charge is 2.35. The van der Waals surface area contributed by atoms with Crippen molar-refractivity contribution in [2.24, 2.45) is 0 Å². The lowest BCUT2D eigenvalue weighted by atomic mass is 10.1. The fraction of sp³-hybridized carbons (Fsp3) is 0.923. The maximum atomic E-state index is 12.0. The first-order chi connectivity index (χ1) is 8.37. The Kier molecular flexibility index (Phi) is 3.82. The van der Waals surface area contributed by atoms with Gasteiger partial charge >= 0.3 is 6.09 Å². The highest BCUT2D eigenvalue weighted by molar-refractivity contribution is 5.68. The topological polar surface area (TPSA) is 44.8 Å². The zero-order valence-corrected chi connectivity index (χ0v) is 11.9. The molecule has 2 aliphatic heterocycles. The molecule has 2 heterocycles. The van der Waals surface area contributed by atoms with Gasteiger partial charge in [-0.1, -0.05) is 0 Å². The van der Waals surface area contributed by atoms with Crippen molar-refractivity contribution in [3.05, 3.63) is 0 Å². The van der Waals surface area contributed by atoms with E-state index in [9.17, 15) is 4.79 Å². The number of nitrogens with zero attached hydrogens (tertiary/aromatic N) is 2. The predicted octanol–water partition coefficient (Wildman–Crippen LogP) is 0.899. The summed E-state index contributed by atoms with van der Waals surface area (Å²) in [5.74, 6) is 0. The Morgan fingerprint density at radius 3 is 2.67 bits per heavy atom. The lowest BCUT2D eigenvalue weighted by molar-refractivity contribution is -0.00977. The van der Waals surface area contributed by atoms with E-state index in [1.807, 2.05) is 25.7 Å². The van der Waals surface area contributed by atoms with Crippen molar-refractivity contribution in [3.8, 4) is 0 Å². The molecule has 0 aliphatic carbocycles. The summed E-state index contributed by atoms with van der Waals surface area (Å²) < 4.78 is 5.43. The lowest BCUT2D eigenvalue weighted by Crippen LogP contribution is -2.65. The third-order valence-corrected chi connectivity index (χ3v) is 3.57. The van der Waals surface area contributed by atoms with Crippen LogP contribution in [0.1, 0.15) is 27.7 Å². The smallest absolute Gasteiger partial charge is 0.410 e. The Balaban J connectivity index is 1.92. The summed E-state index contributed by atoms with van der Waals surface area (Å²) in [4.78, 5) is 16.4. The molecule has 0 spiro atoms. The Hall–Kier alpha value is -0.810. The zero-order chi connectivity index (χ0) is 13.3. The summed E-state index contributed by atoms with van der Waals surface area (Å²) in [6.45, 7) is 12.5. The maximum Gasteiger partial charge on any atom is 0.410 e. The molecule has 1 unspecified atom stereocenters. The van der Waals surface area contributed by atoms with E-state index in [1.54, 1.807) is 0 Å². The van der Waals surface area contributed by atoms with Gasteiger partial charge in [-0.05, 0) is 27.7 Å². The summed E-state index contributed by atoms with van der Waals surface area (Å²) in [6, 6.07) is 0.986. The molecular weight excluding hydrogens is 230 g/mol. The largest absolute Gasteiger partial charge is 0.444 e. The van der Waals surface area contributed by atoms with Gasteiger partial charge in [-0.3, -0.25) is 4.90 Å². The van der Waals surface area contributed by atoms with Crippen LogP contribution in [-0.4, -0.2) is 66.3 Å². The van der Waals surface area contributed by atoms with Crippen LogP contribution in [0.3, 0.4) is 0 Å². The fourth-order valence-electron chi connectivity index (χ4n) is 2.70. The summed E-state index contributed by atoms with van der Waals surface area (Å²) in [5.41, 5.74) is -0.410. The SMILES string of the molecule is CC1CNC[C@@H]2CN(C(=O)OC(C)(C)C)CCN12. The Labute approximate surface area is 109 Å². The van der Waals surface area contributed by atoms with E-state index in [0.29, 0.717) is 12.1 Å². The number of piperazine rings is 2. The third kappa shape index (κ3) is 3.14. The monoisotopic (exact) mass is 255 g/mol. The number of hydrogen-bond acceptors (Lipinski definition) is 4. The maximum absolute atomic E-state index is 12.0. The highest BCUT2D eigenvalue weighted by atomic mass is 16.6. The molecule has 5 heteroatoms. The number of amides is 1. The first-order valence-electron chi connectivity index (χ1n) is 6.81. The summed E-state index contributed by atoms with van der Waals surface area (Å²) >= 11 is 0. The van der Waals surface area contributed by atoms with Crippen molar-refractivity contribution in [2.45, 2.75) is 45.4 Å². The second kappa shape index (κ2) is 5.05. The molecule has 2 aliphatic rings. The van der Waals surface area contributed by atoms with Crippen molar-refractivity contribution < 1.29 is 9.53 Å². The highest BCUT2D eigenvalue weighted by Crippen LogP contribution is 2.18. The van der Waals surface area contributed by atoms with Crippen LogP contribution in [0.25, 0.3) is 0 Å². The van der Waals surface area contributed by atoms with Crippen LogP contribution in [0.4, 0.5) is 4.79 Å². The normalized spacial score (nSPS) is 29.9. The minimum Gasteiger partial charge on any atom is -0.444 e. The molecule has 0 saturated carbocycles. The van der Waals surface area contributed by atoms with Crippen LogP contribution in [0.5, 0.6) is 0 Å². The van der Waals surface area contributed by atoms with Crippen molar-refractivity contribution in [3.63, 3.8) is 0 Å². The van der Waals surface area contributed by atoms with Gasteiger partial charge in [0, 0.05) is 44.8 Å². The average Bonchev–Trinajstić information content (AvgIpc) is 2.26. The Bertz CT molecular complexity index is 314. The van der Waals surface area contributed by atoms with Crippen LogP contribution in [0.15, 0.2) is 0 Å². The van der Waals surface area contributed by atoms with Gasteiger partial charge in [0.15, 0.2) is 0 Å². The second-order valence-electron chi connectivity index (χ2n) is 6.33. The standard InChI is InChI=1S/C13H25N3O2/c1-10-7-14-8-11-9-15(5-6-16(10)11)12(17)18-13(2,3)4/h10-11,14H,5-9H2,1-4H3/t10?,11-/m1/s1. The molecule has 0 bridgehead atoms. The molecule has 5 nitrogen and oxygen atoms in total. The van der Waals surface area contributed by atoms with Crippen molar-refractivity contribution in [1.82, 2.24) is 15.1 Å². The summed E-state index contributed by atoms with van der Waals surface area (Å²) in [7, 11) is 0. The average molecular weight is 255 g/mol. The van der Waals surface area contributed by atoms with E-state index in [-0.39, 0.29) is 6.09 Å². The fourth-order valence-corrected chi connectivity index (χ4v) is 2.70. The number of rotatable bonds is 0. The van der Waals surface area contributed by atoms with Crippen molar-refractivity contribution in [2.75, 3.05) is 32.7 Å². The second-order valence-corrected chi connectivity index (χ2v) is 6.33. The first-order valence-corrected chi connectivity index (χ1v) is 6.81. The van der Waals surface area contributed by atoms with E-state index >= 15 is 0 Å². The molecule has 2 rings (SSSR count). The van der Waals surface area contributed by atoms with E-state index in [2.05, 4.69) is 17.1 Å². The number of hydrogen-bond donors (Lipinski definition) is 1. The molecule has 1 amide bonds. The van der Waals surface area contributed by atoms with Crippen molar-refractivity contribution >= 4 is 6.09 Å². The molecule has 0 aromatic heterocycles. The molecule has 1 N–H and O–H groups in total. The van der Waals surface area contributed by atoms with Crippen LogP contribution >= 0.6 is 0 Å². The third-order valence-electron chi connectivity index (χ3n) is 3.57. The number of carbonyl (C=O) groups is 1. The van der Waals surface area contributed by atoms with E-state index in [4.69, 9.17) is 4.74 Å². The minimum atomic E-state index is -0.410. The lowest BCUT2D eigenvalue weighted by Gasteiger charge is -2.47. The number of ether oxygens (including phenoxy) is 1. The number of fused-ring (bicyclic) bond motifs is 1. The zero-order valence-electron chi connectivity index (χ0n) is 11.9. The van der Waals surface area contributed by atoms with E-state index in [0.717, 1.165) is 32.7 Å². The van der Waals surface area contributed by atoms with E-state index < -0.39 is 5.60 Å². The number of nitrogens with one attached hydrogen (secondary N) is 1. The van der Waals surface area contributed by atoms with Crippen molar-refractivity contribution in [1.29, 1.82) is 0 Å². The minimum absolute atomic E-state index is 0.180. The predicted molar refractivity (Wildman–Crippen MR) is 70.6 cm³/mol. The molecule has 2 fully saturated rings. The van der Waals surface area contributed by atoms with Gasteiger partial charge in [0.25, 0.3) is 0 Å². The Morgan fingerprint density at radius 1 is 1.28 bits per heavy atom. The molecule has 18 heavy (non-hydrogen) atoms. The summed E-state index contributed by atoms with van der Waals surface area (Å²) in [5, 5.41) is 3.42. The van der Waals surface area contributed by atoms with Gasteiger partial charge in [0.2, 0.25) is 0 Å². The quantitative estimate of drug-likeness (QED) is 0.698. The van der Waals surface area contributed by atoms with Crippen LogP contribution in [0, 0.1) is 0 Å². The summed E-state index contributed by atoms with van der Waals surface area (Å²) in [6.07, 6.45) is -0.180. The van der Waals surface area contributed by atoms with Gasteiger partial charge in [0.05, 0.1) is 0 Å². The number of carbonyl (C=O) groups excluding carboxylic acids is 1. The van der Waals surface area contributed by atoms with Gasteiger partial charge in [-0.15, -0.1) is 0 Å². The van der Waals surface area contributed by atoms with E-state index in [1.165, 1.54) is 0 Å². The molecular formula is C13H25N3O2. The van der Waals surface area contributed by atoms with Gasteiger partial charge < -0.3 is 15.0 Å². The Morgan fingerprint density at radius 2 is 2.00 bits per heavy atom. The molecule has 0 radical (unpaired) electrons. The molecule has 104 valence electrons. The van der Waals surface area contributed by atoms with Gasteiger partial charge in [-0.25, -0.2) is 4.79 Å². The molecule has 0 aromatic carbocycles. The van der Waals surface area contributed by atoms with Crippen LogP contribution in [-0.2, 0) is 4.74 Å².